The number of aromatic amines is 1. The number of hydrogen-bond donors (Lipinski definition) is 2. The van der Waals surface area contributed by atoms with Crippen molar-refractivity contribution >= 4 is 40.0 Å². The van der Waals surface area contributed by atoms with E-state index in [1.165, 1.54) is 24.3 Å². The Morgan fingerprint density at radius 2 is 1.71 bits per heavy atom. The fourth-order valence-electron chi connectivity index (χ4n) is 4.50. The normalized spacial score (nSPS) is 12.0. The number of rotatable bonds is 7. The van der Waals surface area contributed by atoms with E-state index in [0.29, 0.717) is 48.9 Å². The molecule has 0 spiro atoms. The first-order valence-electron chi connectivity index (χ1n) is 11.7. The number of hydrogen-bond acceptors (Lipinski definition) is 2. The zero-order valence-corrected chi connectivity index (χ0v) is 21.3. The molecule has 0 saturated heterocycles. The first kappa shape index (κ1) is 25.8. The summed E-state index contributed by atoms with van der Waals surface area (Å²) in [6.07, 6.45) is 3.21. The van der Waals surface area contributed by atoms with Crippen molar-refractivity contribution in [3.63, 3.8) is 0 Å². The first-order valence-corrected chi connectivity index (χ1v) is 12.4. The van der Waals surface area contributed by atoms with Crippen LogP contribution >= 0.6 is 23.2 Å². The molecule has 0 aliphatic carbocycles. The molecule has 192 valence electrons. The Bertz CT molecular complexity index is 1630. The second-order valence-corrected chi connectivity index (χ2v) is 9.62. The highest BCUT2D eigenvalue weighted by atomic mass is 35.5. The first-order chi connectivity index (χ1) is 18.3. The van der Waals surface area contributed by atoms with E-state index in [4.69, 9.17) is 23.2 Å². The molecule has 38 heavy (non-hydrogen) atoms. The summed E-state index contributed by atoms with van der Waals surface area (Å²) in [6.45, 7) is 0.00375. The topological polar surface area (TPSA) is 57.8 Å². The lowest BCUT2D eigenvalue weighted by atomic mass is 9.89. The number of fused-ring (bicyclic) bond motifs is 1. The molecular formula is C29H20Cl2F3N3O. The Kier molecular flexibility index (Phi) is 7.40. The fraction of sp³-hybridized carbons (Fsp3) is 0.103. The summed E-state index contributed by atoms with van der Waals surface area (Å²) in [7, 11) is 0. The molecule has 1 atom stereocenters. The van der Waals surface area contributed by atoms with Gasteiger partial charge in [-0.2, -0.15) is 0 Å². The SMILES string of the molecule is O=C(Cc1c[nH]c2ccc(F)cc12)NCC(c1cc(F)cc(F)c1)c1ncccc1-c1ccc(Cl)c(Cl)c1. The number of carbonyl (C=O) groups excluding carboxylic acids is 1. The second-order valence-electron chi connectivity index (χ2n) is 8.81. The summed E-state index contributed by atoms with van der Waals surface area (Å²) in [5, 5.41) is 4.19. The molecule has 0 bridgehead atoms. The van der Waals surface area contributed by atoms with Crippen LogP contribution in [0.3, 0.4) is 0 Å². The number of halogens is 5. The van der Waals surface area contributed by atoms with Gasteiger partial charge in [0.15, 0.2) is 0 Å². The highest BCUT2D eigenvalue weighted by Gasteiger charge is 2.23. The third kappa shape index (κ3) is 5.54. The number of nitrogens with one attached hydrogen (secondary N) is 2. The van der Waals surface area contributed by atoms with Crippen molar-refractivity contribution in [2.24, 2.45) is 0 Å². The summed E-state index contributed by atoms with van der Waals surface area (Å²) < 4.78 is 42.2. The van der Waals surface area contributed by atoms with Crippen molar-refractivity contribution in [2.75, 3.05) is 6.54 Å². The molecule has 1 unspecified atom stereocenters. The third-order valence-corrected chi connectivity index (χ3v) is 7.01. The molecule has 5 aromatic rings. The number of carbonyl (C=O) groups is 1. The van der Waals surface area contributed by atoms with Crippen molar-refractivity contribution < 1.29 is 18.0 Å². The van der Waals surface area contributed by atoms with E-state index < -0.39 is 23.4 Å². The molecule has 0 aliphatic rings. The number of benzene rings is 3. The Morgan fingerprint density at radius 1 is 0.921 bits per heavy atom. The van der Waals surface area contributed by atoms with Gasteiger partial charge in [0.1, 0.15) is 17.5 Å². The minimum atomic E-state index is -0.746. The van der Waals surface area contributed by atoms with E-state index in [1.807, 2.05) is 6.07 Å². The molecule has 0 radical (unpaired) electrons. The van der Waals surface area contributed by atoms with Gasteiger partial charge in [-0.3, -0.25) is 9.78 Å². The molecule has 2 aromatic heterocycles. The van der Waals surface area contributed by atoms with Crippen LogP contribution in [-0.2, 0) is 11.2 Å². The van der Waals surface area contributed by atoms with Gasteiger partial charge >= 0.3 is 0 Å². The second kappa shape index (κ2) is 10.9. The van der Waals surface area contributed by atoms with Crippen LogP contribution in [0.1, 0.15) is 22.7 Å². The molecule has 1 amide bonds. The Morgan fingerprint density at radius 3 is 2.47 bits per heavy atom. The average molecular weight is 554 g/mol. The molecule has 5 rings (SSSR count). The molecule has 2 N–H and O–H groups in total. The lowest BCUT2D eigenvalue weighted by Gasteiger charge is -2.21. The maximum absolute atomic E-state index is 14.2. The van der Waals surface area contributed by atoms with Gasteiger partial charge in [0, 0.05) is 47.4 Å². The van der Waals surface area contributed by atoms with Gasteiger partial charge in [-0.25, -0.2) is 13.2 Å². The smallest absolute Gasteiger partial charge is 0.224 e. The maximum Gasteiger partial charge on any atom is 0.224 e. The van der Waals surface area contributed by atoms with Crippen LogP contribution in [0.2, 0.25) is 10.0 Å². The van der Waals surface area contributed by atoms with E-state index >= 15 is 0 Å². The van der Waals surface area contributed by atoms with Crippen molar-refractivity contribution in [3.8, 4) is 11.1 Å². The van der Waals surface area contributed by atoms with Crippen LogP contribution in [0.4, 0.5) is 13.2 Å². The van der Waals surface area contributed by atoms with Crippen molar-refractivity contribution in [1.82, 2.24) is 15.3 Å². The Labute approximate surface area is 226 Å². The minimum absolute atomic E-state index is 0.00375. The molecule has 9 heteroatoms. The largest absolute Gasteiger partial charge is 0.361 e. The monoisotopic (exact) mass is 553 g/mol. The molecular weight excluding hydrogens is 534 g/mol. The number of H-pyrrole nitrogens is 1. The number of aromatic nitrogens is 2. The van der Waals surface area contributed by atoms with Gasteiger partial charge < -0.3 is 10.3 Å². The summed E-state index contributed by atoms with van der Waals surface area (Å²) in [4.78, 5) is 20.5. The van der Waals surface area contributed by atoms with Gasteiger partial charge in [0.05, 0.1) is 22.2 Å². The average Bonchev–Trinajstić information content (AvgIpc) is 3.27. The van der Waals surface area contributed by atoms with Gasteiger partial charge in [-0.05, 0) is 65.2 Å². The van der Waals surface area contributed by atoms with Crippen LogP contribution < -0.4 is 5.32 Å². The highest BCUT2D eigenvalue weighted by molar-refractivity contribution is 6.42. The number of nitrogens with zero attached hydrogens (tertiary/aromatic N) is 1. The van der Waals surface area contributed by atoms with E-state index in [1.54, 1.807) is 42.7 Å². The lowest BCUT2D eigenvalue weighted by Crippen LogP contribution is -2.30. The van der Waals surface area contributed by atoms with Gasteiger partial charge in [-0.1, -0.05) is 35.3 Å². The maximum atomic E-state index is 14.2. The predicted octanol–water partition coefficient (Wildman–Crippen LogP) is 7.44. The lowest BCUT2D eigenvalue weighted by molar-refractivity contribution is -0.120. The van der Waals surface area contributed by atoms with E-state index in [-0.39, 0.29) is 18.9 Å². The summed E-state index contributed by atoms with van der Waals surface area (Å²) in [6, 6.07) is 16.2. The van der Waals surface area contributed by atoms with E-state index in [0.717, 1.165) is 6.07 Å². The zero-order valence-electron chi connectivity index (χ0n) is 19.7. The highest BCUT2D eigenvalue weighted by Crippen LogP contribution is 2.35. The summed E-state index contributed by atoms with van der Waals surface area (Å²) in [5.74, 6) is -2.94. The van der Waals surface area contributed by atoms with Crippen molar-refractivity contribution in [1.29, 1.82) is 0 Å². The summed E-state index contributed by atoms with van der Waals surface area (Å²) in [5.41, 5.74) is 3.50. The molecule has 3 aromatic carbocycles. The van der Waals surface area contributed by atoms with Crippen LogP contribution in [-0.4, -0.2) is 22.4 Å². The van der Waals surface area contributed by atoms with Gasteiger partial charge in [0.25, 0.3) is 0 Å². The molecule has 2 heterocycles. The molecule has 0 saturated carbocycles. The van der Waals surface area contributed by atoms with Crippen LogP contribution in [0, 0.1) is 17.5 Å². The van der Waals surface area contributed by atoms with Crippen LogP contribution in [0.5, 0.6) is 0 Å². The fourth-order valence-corrected chi connectivity index (χ4v) is 4.80. The Balaban J connectivity index is 1.48. The summed E-state index contributed by atoms with van der Waals surface area (Å²) >= 11 is 12.3. The van der Waals surface area contributed by atoms with Crippen LogP contribution in [0.25, 0.3) is 22.0 Å². The number of pyridine rings is 1. The third-order valence-electron chi connectivity index (χ3n) is 6.27. The van der Waals surface area contributed by atoms with E-state index in [2.05, 4.69) is 15.3 Å². The Hall–Kier alpha value is -3.81. The quantitative estimate of drug-likeness (QED) is 0.220. The predicted molar refractivity (Wildman–Crippen MR) is 143 cm³/mol. The van der Waals surface area contributed by atoms with Crippen molar-refractivity contribution in [3.05, 3.63) is 123 Å². The molecule has 4 nitrogen and oxygen atoms in total. The molecule has 0 aliphatic heterocycles. The van der Waals surface area contributed by atoms with Gasteiger partial charge in [0.2, 0.25) is 5.91 Å². The zero-order chi connectivity index (χ0) is 26.8. The standard InChI is InChI=1S/C29H20Cl2F3N3O/c30-25-5-3-16(10-26(25)31)22-2-1-7-35-29(22)24(17-8-20(33)12-21(34)9-17)15-37-28(38)11-18-14-36-27-6-4-19(32)13-23(18)27/h1-10,12-14,24,36H,11,15H2,(H,37,38). The van der Waals surface area contributed by atoms with E-state index in [9.17, 15) is 18.0 Å². The van der Waals surface area contributed by atoms with Crippen molar-refractivity contribution in [2.45, 2.75) is 12.3 Å². The van der Waals surface area contributed by atoms with Gasteiger partial charge in [-0.15, -0.1) is 0 Å². The van der Waals surface area contributed by atoms with Crippen LogP contribution in [0.15, 0.2) is 79.1 Å². The minimum Gasteiger partial charge on any atom is -0.361 e. The number of amides is 1. The molecule has 0 fully saturated rings.